The maximum absolute atomic E-state index is 9.83. The number of hydrogen-bond donors (Lipinski definition) is 3. The van der Waals surface area contributed by atoms with Gasteiger partial charge in [0.25, 0.3) is 0 Å². The molecule has 3 N–H and O–H groups in total. The summed E-state index contributed by atoms with van der Waals surface area (Å²) in [6, 6.07) is 0. The molecule has 3 atom stereocenters. The number of aliphatic hydroxyl groups is 2. The number of ether oxygens (including phenoxy) is 1. The van der Waals surface area contributed by atoms with Crippen LogP contribution in [-0.2, 0) is 4.74 Å². The average molecular weight is 279 g/mol. The standard InChI is InChI=1S/C12H17N5O3/c1-6-15-11-7(4-14-17(11)12(13-2)16-6)9-3-8(19)10(5-18)20-9/h4,8-10,18-19H,3,5H2,1-2H3,(H,13,15,16)/t8-,9+,10+/m0/s1. The quantitative estimate of drug-likeness (QED) is 0.705. The summed E-state index contributed by atoms with van der Waals surface area (Å²) in [7, 11) is 1.76. The minimum absolute atomic E-state index is 0.202. The largest absolute Gasteiger partial charge is 0.394 e. The molecule has 20 heavy (non-hydrogen) atoms. The summed E-state index contributed by atoms with van der Waals surface area (Å²) >= 11 is 0. The van der Waals surface area contributed by atoms with Gasteiger partial charge in [-0.15, -0.1) is 0 Å². The fourth-order valence-electron chi connectivity index (χ4n) is 2.48. The maximum Gasteiger partial charge on any atom is 0.227 e. The van der Waals surface area contributed by atoms with Crippen molar-refractivity contribution in [3.8, 4) is 0 Å². The van der Waals surface area contributed by atoms with Crippen molar-refractivity contribution in [1.82, 2.24) is 19.6 Å². The lowest BCUT2D eigenvalue weighted by Gasteiger charge is -2.11. The zero-order valence-corrected chi connectivity index (χ0v) is 11.3. The van der Waals surface area contributed by atoms with Gasteiger partial charge in [0.05, 0.1) is 25.0 Å². The second-order valence-corrected chi connectivity index (χ2v) is 4.83. The van der Waals surface area contributed by atoms with Crippen molar-refractivity contribution < 1.29 is 14.9 Å². The van der Waals surface area contributed by atoms with Gasteiger partial charge in [0.2, 0.25) is 5.95 Å². The number of aromatic nitrogens is 4. The van der Waals surface area contributed by atoms with Crippen LogP contribution in [0.15, 0.2) is 6.20 Å². The molecule has 0 aromatic carbocycles. The van der Waals surface area contributed by atoms with E-state index >= 15 is 0 Å². The molecule has 2 aromatic rings. The van der Waals surface area contributed by atoms with Crippen molar-refractivity contribution in [1.29, 1.82) is 0 Å². The lowest BCUT2D eigenvalue weighted by Crippen LogP contribution is -2.24. The Kier molecular flexibility index (Phi) is 3.28. The SMILES string of the molecule is CNc1nc(C)nc2c([C@H]3C[C@H](O)[C@@H](CO)O3)cnn12. The van der Waals surface area contributed by atoms with Crippen molar-refractivity contribution >= 4 is 11.6 Å². The third kappa shape index (κ3) is 2.01. The number of aliphatic hydroxyl groups excluding tert-OH is 2. The summed E-state index contributed by atoms with van der Waals surface area (Å²) in [5.74, 6) is 1.22. The Morgan fingerprint density at radius 1 is 1.50 bits per heavy atom. The summed E-state index contributed by atoms with van der Waals surface area (Å²) in [6.45, 7) is 1.60. The highest BCUT2D eigenvalue weighted by atomic mass is 16.5. The first-order valence-corrected chi connectivity index (χ1v) is 6.48. The van der Waals surface area contributed by atoms with Gasteiger partial charge in [0.1, 0.15) is 11.9 Å². The molecule has 0 amide bonds. The highest BCUT2D eigenvalue weighted by Gasteiger charge is 2.36. The molecule has 2 aromatic heterocycles. The number of nitrogens with one attached hydrogen (secondary N) is 1. The lowest BCUT2D eigenvalue weighted by molar-refractivity contribution is -0.0222. The van der Waals surface area contributed by atoms with Gasteiger partial charge in [-0.05, 0) is 6.92 Å². The fraction of sp³-hybridized carbons (Fsp3) is 0.583. The van der Waals surface area contributed by atoms with Crippen molar-refractivity contribution in [3.63, 3.8) is 0 Å². The van der Waals surface area contributed by atoms with E-state index in [1.54, 1.807) is 24.7 Å². The smallest absolute Gasteiger partial charge is 0.227 e. The van der Waals surface area contributed by atoms with Crippen LogP contribution in [0.2, 0.25) is 0 Å². The number of hydrogen-bond acceptors (Lipinski definition) is 7. The van der Waals surface area contributed by atoms with Gasteiger partial charge in [-0.25, -0.2) is 4.98 Å². The van der Waals surface area contributed by atoms with Crippen LogP contribution in [0.3, 0.4) is 0 Å². The third-order valence-corrected chi connectivity index (χ3v) is 3.48. The van der Waals surface area contributed by atoms with Crippen LogP contribution in [0, 0.1) is 6.92 Å². The van der Waals surface area contributed by atoms with Gasteiger partial charge in [-0.1, -0.05) is 0 Å². The molecule has 8 heteroatoms. The number of nitrogens with zero attached hydrogens (tertiary/aromatic N) is 4. The van der Waals surface area contributed by atoms with Crippen LogP contribution in [0.1, 0.15) is 23.9 Å². The Labute approximate surface area is 115 Å². The van der Waals surface area contributed by atoms with E-state index in [0.29, 0.717) is 23.8 Å². The van der Waals surface area contributed by atoms with E-state index in [0.717, 1.165) is 5.56 Å². The van der Waals surface area contributed by atoms with Crippen LogP contribution >= 0.6 is 0 Å². The predicted octanol–water partition coefficient (Wildman–Crippen LogP) is -0.342. The number of fused-ring (bicyclic) bond motifs is 1. The van der Waals surface area contributed by atoms with Crippen molar-refractivity contribution in [2.24, 2.45) is 0 Å². The molecule has 0 radical (unpaired) electrons. The monoisotopic (exact) mass is 279 g/mol. The molecule has 1 aliphatic rings. The zero-order valence-electron chi connectivity index (χ0n) is 11.3. The van der Waals surface area contributed by atoms with Gasteiger partial charge in [-0.3, -0.25) is 0 Å². The van der Waals surface area contributed by atoms with Gasteiger partial charge in [0, 0.05) is 19.0 Å². The highest BCUT2D eigenvalue weighted by Crippen LogP contribution is 2.34. The third-order valence-electron chi connectivity index (χ3n) is 3.48. The molecule has 3 rings (SSSR count). The summed E-state index contributed by atoms with van der Waals surface area (Å²) in [6.07, 6.45) is 0.540. The highest BCUT2D eigenvalue weighted by molar-refractivity contribution is 5.52. The molecular formula is C12H17N5O3. The van der Waals surface area contributed by atoms with Crippen LogP contribution in [-0.4, -0.2) is 55.7 Å². The number of anilines is 1. The fourth-order valence-corrected chi connectivity index (χ4v) is 2.48. The van der Waals surface area contributed by atoms with E-state index in [-0.39, 0.29) is 12.7 Å². The minimum Gasteiger partial charge on any atom is -0.394 e. The van der Waals surface area contributed by atoms with Crippen molar-refractivity contribution in [2.45, 2.75) is 31.7 Å². The normalized spacial score (nSPS) is 26.3. The summed E-state index contributed by atoms with van der Waals surface area (Å²) in [4.78, 5) is 8.64. The van der Waals surface area contributed by atoms with E-state index in [1.807, 2.05) is 0 Å². The molecular weight excluding hydrogens is 262 g/mol. The van der Waals surface area contributed by atoms with E-state index < -0.39 is 12.2 Å². The summed E-state index contributed by atoms with van der Waals surface area (Å²) < 4.78 is 7.26. The molecule has 0 bridgehead atoms. The number of aryl methyl sites for hydroxylation is 1. The molecule has 1 aliphatic heterocycles. The van der Waals surface area contributed by atoms with Gasteiger partial charge in [0.15, 0.2) is 5.65 Å². The van der Waals surface area contributed by atoms with Gasteiger partial charge >= 0.3 is 0 Å². The van der Waals surface area contributed by atoms with Crippen molar-refractivity contribution in [2.75, 3.05) is 19.0 Å². The molecule has 1 saturated heterocycles. The molecule has 108 valence electrons. The second-order valence-electron chi connectivity index (χ2n) is 4.83. The maximum atomic E-state index is 9.83. The second kappa shape index (κ2) is 4.97. The van der Waals surface area contributed by atoms with Crippen LogP contribution < -0.4 is 5.32 Å². The van der Waals surface area contributed by atoms with Gasteiger partial charge in [-0.2, -0.15) is 14.6 Å². The molecule has 0 saturated carbocycles. The van der Waals surface area contributed by atoms with Crippen LogP contribution in [0.25, 0.3) is 5.65 Å². The minimum atomic E-state index is -0.674. The van der Waals surface area contributed by atoms with Crippen LogP contribution in [0.5, 0.6) is 0 Å². The summed E-state index contributed by atoms with van der Waals surface area (Å²) in [5.41, 5.74) is 1.44. The first-order valence-electron chi connectivity index (χ1n) is 6.48. The zero-order chi connectivity index (χ0) is 14.3. The lowest BCUT2D eigenvalue weighted by atomic mass is 10.1. The Bertz CT molecular complexity index is 629. The molecule has 0 unspecified atom stereocenters. The molecule has 0 spiro atoms. The van der Waals surface area contributed by atoms with E-state index in [1.165, 1.54) is 0 Å². The van der Waals surface area contributed by atoms with Crippen LogP contribution in [0.4, 0.5) is 5.95 Å². The first kappa shape index (κ1) is 13.2. The van der Waals surface area contributed by atoms with E-state index in [9.17, 15) is 5.11 Å². The molecule has 3 heterocycles. The van der Waals surface area contributed by atoms with Crippen molar-refractivity contribution in [3.05, 3.63) is 17.6 Å². The Morgan fingerprint density at radius 3 is 2.95 bits per heavy atom. The molecule has 8 nitrogen and oxygen atoms in total. The Morgan fingerprint density at radius 2 is 2.30 bits per heavy atom. The van der Waals surface area contributed by atoms with Gasteiger partial charge < -0.3 is 20.3 Å². The first-order chi connectivity index (χ1) is 9.63. The van der Waals surface area contributed by atoms with E-state index in [2.05, 4.69) is 20.4 Å². The summed E-state index contributed by atoms with van der Waals surface area (Å²) in [5, 5.41) is 26.2. The number of rotatable bonds is 3. The topological polar surface area (TPSA) is 105 Å². The van der Waals surface area contributed by atoms with E-state index in [4.69, 9.17) is 9.84 Å². The molecule has 1 fully saturated rings. The average Bonchev–Trinajstić information content (AvgIpc) is 3.00. The Hall–Kier alpha value is -1.77. The molecule has 0 aliphatic carbocycles. The Balaban J connectivity index is 2.03. The predicted molar refractivity (Wildman–Crippen MR) is 70.4 cm³/mol.